The number of alkyl halides is 3. The number of nitrogens with zero attached hydrogens (tertiary/aromatic N) is 2. The Morgan fingerprint density at radius 1 is 0.900 bits per heavy atom. The van der Waals surface area contributed by atoms with Gasteiger partial charge in [0.2, 0.25) is 11.8 Å². The van der Waals surface area contributed by atoms with Gasteiger partial charge in [-0.15, -0.1) is 0 Å². The minimum atomic E-state index is -4.45. The Labute approximate surface area is 232 Å². The third-order valence-corrected chi connectivity index (χ3v) is 6.79. The molecule has 0 atom stereocenters. The number of esters is 1. The van der Waals surface area contributed by atoms with Crippen molar-refractivity contribution in [1.82, 2.24) is 14.8 Å². The molecule has 10 heteroatoms. The first kappa shape index (κ1) is 30.7. The molecular weight excluding hydrogens is 523 g/mol. The van der Waals surface area contributed by atoms with Gasteiger partial charge in [0.05, 0.1) is 19.2 Å². The van der Waals surface area contributed by atoms with Crippen molar-refractivity contribution in [2.24, 2.45) is 0 Å². The van der Waals surface area contributed by atoms with Crippen molar-refractivity contribution in [3.05, 3.63) is 71.4 Å². The van der Waals surface area contributed by atoms with E-state index in [1.54, 1.807) is 4.90 Å². The molecule has 0 spiro atoms. The summed E-state index contributed by atoms with van der Waals surface area (Å²) in [4.78, 5) is 44.3. The highest BCUT2D eigenvalue weighted by Gasteiger charge is 2.30. The van der Waals surface area contributed by atoms with Crippen molar-refractivity contribution in [2.75, 3.05) is 26.7 Å². The second-order valence-corrected chi connectivity index (χ2v) is 9.72. The van der Waals surface area contributed by atoms with Crippen LogP contribution in [0.25, 0.3) is 10.9 Å². The largest absolute Gasteiger partial charge is 0.469 e. The van der Waals surface area contributed by atoms with Crippen LogP contribution in [0.3, 0.4) is 0 Å². The van der Waals surface area contributed by atoms with E-state index >= 15 is 0 Å². The highest BCUT2D eigenvalue weighted by atomic mass is 19.4. The standard InChI is InChI=1S/C30H36F3N3O4/c1-3-4-17-35(27(37)10-7-11-29(39)40-2)21-28(38)36(20-22-12-14-24(15-13-22)30(31,32)33)18-16-23-19-34-26-9-6-5-8-25(23)26/h5-6,8-9,12-15,19,34H,3-4,7,10-11,16-18,20-21H2,1-2H3. The SMILES string of the molecule is CCCCN(CC(=O)N(CCc1c[nH]c2ccccc12)Cc1ccc(C(F)(F)F)cc1)C(=O)CCCC(=O)OC. The molecule has 1 heterocycles. The second kappa shape index (κ2) is 14.5. The molecule has 0 aliphatic heterocycles. The van der Waals surface area contributed by atoms with Gasteiger partial charge in [-0.2, -0.15) is 13.2 Å². The van der Waals surface area contributed by atoms with Crippen LogP contribution in [0.1, 0.15) is 55.7 Å². The van der Waals surface area contributed by atoms with Crippen LogP contribution >= 0.6 is 0 Å². The topological polar surface area (TPSA) is 82.7 Å². The van der Waals surface area contributed by atoms with E-state index in [1.165, 1.54) is 24.1 Å². The monoisotopic (exact) mass is 559 g/mol. The molecule has 0 saturated carbocycles. The number of amides is 2. The molecule has 0 fully saturated rings. The molecule has 2 amide bonds. The van der Waals surface area contributed by atoms with E-state index in [4.69, 9.17) is 0 Å². The molecule has 0 aliphatic rings. The summed E-state index contributed by atoms with van der Waals surface area (Å²) in [5.41, 5.74) is 1.80. The number of carbonyl (C=O) groups excluding carboxylic acids is 3. The number of ether oxygens (including phenoxy) is 1. The number of H-pyrrole nitrogens is 1. The quantitative estimate of drug-likeness (QED) is 0.256. The molecular formula is C30H36F3N3O4. The number of hydrogen-bond acceptors (Lipinski definition) is 4. The fraction of sp³-hybridized carbons (Fsp3) is 0.433. The van der Waals surface area contributed by atoms with Crippen molar-refractivity contribution in [3.8, 4) is 0 Å². The molecule has 0 bridgehead atoms. The highest BCUT2D eigenvalue weighted by Crippen LogP contribution is 2.29. The maximum Gasteiger partial charge on any atom is 0.416 e. The number of methoxy groups -OCH3 is 1. The first-order valence-corrected chi connectivity index (χ1v) is 13.5. The number of unbranched alkanes of at least 4 members (excludes halogenated alkanes) is 1. The maximum absolute atomic E-state index is 13.6. The Kier molecular flexibility index (Phi) is 11.2. The molecule has 2 aromatic carbocycles. The van der Waals surface area contributed by atoms with Gasteiger partial charge in [-0.25, -0.2) is 0 Å². The lowest BCUT2D eigenvalue weighted by molar-refractivity contribution is -0.142. The summed E-state index contributed by atoms with van der Waals surface area (Å²) in [6.45, 7) is 2.67. The Morgan fingerprint density at radius 3 is 2.30 bits per heavy atom. The van der Waals surface area contributed by atoms with Crippen LogP contribution in [0.4, 0.5) is 13.2 Å². The van der Waals surface area contributed by atoms with E-state index in [9.17, 15) is 27.6 Å². The molecule has 0 aliphatic carbocycles. The first-order chi connectivity index (χ1) is 19.1. The van der Waals surface area contributed by atoms with Gasteiger partial charge in [-0.1, -0.05) is 43.7 Å². The molecule has 3 rings (SSSR count). The third kappa shape index (κ3) is 8.86. The van der Waals surface area contributed by atoms with Crippen LogP contribution in [0.2, 0.25) is 0 Å². The molecule has 3 aromatic rings. The van der Waals surface area contributed by atoms with Gasteiger partial charge < -0.3 is 19.5 Å². The van der Waals surface area contributed by atoms with Crippen molar-refractivity contribution in [2.45, 2.75) is 58.2 Å². The number of para-hydroxylation sites is 1. The fourth-order valence-electron chi connectivity index (χ4n) is 4.45. The fourth-order valence-corrected chi connectivity index (χ4v) is 4.45. The molecule has 0 unspecified atom stereocenters. The van der Waals surface area contributed by atoms with Crippen molar-refractivity contribution >= 4 is 28.7 Å². The smallest absolute Gasteiger partial charge is 0.416 e. The molecule has 216 valence electrons. The molecule has 40 heavy (non-hydrogen) atoms. The average molecular weight is 560 g/mol. The minimum absolute atomic E-state index is 0.109. The van der Waals surface area contributed by atoms with E-state index in [-0.39, 0.29) is 37.7 Å². The number of fused-ring (bicyclic) bond motifs is 1. The molecule has 1 N–H and O–H groups in total. The number of rotatable bonds is 14. The molecule has 0 saturated heterocycles. The van der Waals surface area contributed by atoms with Crippen LogP contribution < -0.4 is 0 Å². The van der Waals surface area contributed by atoms with Crippen LogP contribution in [0.15, 0.2) is 54.7 Å². The Balaban J connectivity index is 1.76. The average Bonchev–Trinajstić information content (AvgIpc) is 3.35. The zero-order valence-electron chi connectivity index (χ0n) is 22.9. The normalized spacial score (nSPS) is 11.4. The number of benzene rings is 2. The van der Waals surface area contributed by atoms with Gasteiger partial charge in [0.15, 0.2) is 0 Å². The van der Waals surface area contributed by atoms with Gasteiger partial charge in [0.25, 0.3) is 0 Å². The summed E-state index contributed by atoms with van der Waals surface area (Å²) >= 11 is 0. The lowest BCUT2D eigenvalue weighted by Crippen LogP contribution is -2.43. The lowest BCUT2D eigenvalue weighted by atomic mass is 10.1. The predicted octanol–water partition coefficient (Wildman–Crippen LogP) is 5.73. The van der Waals surface area contributed by atoms with Gasteiger partial charge >= 0.3 is 12.1 Å². The van der Waals surface area contributed by atoms with Crippen LogP contribution in [0.5, 0.6) is 0 Å². The van der Waals surface area contributed by atoms with E-state index in [0.717, 1.165) is 35.0 Å². The van der Waals surface area contributed by atoms with Crippen LogP contribution in [-0.2, 0) is 38.3 Å². The Bertz CT molecular complexity index is 1270. The maximum atomic E-state index is 13.6. The second-order valence-electron chi connectivity index (χ2n) is 9.72. The summed E-state index contributed by atoms with van der Waals surface area (Å²) in [6, 6.07) is 12.6. The summed E-state index contributed by atoms with van der Waals surface area (Å²) in [5, 5.41) is 1.04. The summed E-state index contributed by atoms with van der Waals surface area (Å²) < 4.78 is 43.8. The van der Waals surface area contributed by atoms with E-state index in [0.29, 0.717) is 37.9 Å². The molecule has 7 nitrogen and oxygen atoms in total. The predicted molar refractivity (Wildman–Crippen MR) is 146 cm³/mol. The Morgan fingerprint density at radius 2 is 1.62 bits per heavy atom. The summed E-state index contributed by atoms with van der Waals surface area (Å²) in [7, 11) is 1.29. The van der Waals surface area contributed by atoms with Gasteiger partial charge in [0.1, 0.15) is 0 Å². The zero-order chi connectivity index (χ0) is 29.1. The lowest BCUT2D eigenvalue weighted by Gasteiger charge is -2.28. The zero-order valence-corrected chi connectivity index (χ0v) is 22.9. The van der Waals surface area contributed by atoms with E-state index < -0.39 is 17.7 Å². The Hall–Kier alpha value is -3.82. The molecule has 1 aromatic heterocycles. The molecule has 0 radical (unpaired) electrons. The van der Waals surface area contributed by atoms with Gasteiger partial charge in [-0.3, -0.25) is 14.4 Å². The van der Waals surface area contributed by atoms with E-state index in [2.05, 4.69) is 9.72 Å². The van der Waals surface area contributed by atoms with Gasteiger partial charge in [0, 0.05) is 49.6 Å². The highest BCUT2D eigenvalue weighted by molar-refractivity contribution is 5.85. The summed E-state index contributed by atoms with van der Waals surface area (Å²) in [6.07, 6.45) is 0.0564. The third-order valence-electron chi connectivity index (χ3n) is 6.79. The van der Waals surface area contributed by atoms with Crippen LogP contribution in [0, 0.1) is 0 Å². The van der Waals surface area contributed by atoms with Crippen LogP contribution in [-0.4, -0.2) is 59.3 Å². The van der Waals surface area contributed by atoms with Gasteiger partial charge in [-0.05, 0) is 48.6 Å². The number of hydrogen-bond donors (Lipinski definition) is 1. The number of aromatic amines is 1. The minimum Gasteiger partial charge on any atom is -0.469 e. The van der Waals surface area contributed by atoms with Crippen molar-refractivity contribution in [3.63, 3.8) is 0 Å². The number of halogens is 3. The van der Waals surface area contributed by atoms with E-state index in [1.807, 2.05) is 37.4 Å². The first-order valence-electron chi connectivity index (χ1n) is 13.5. The number of nitrogens with one attached hydrogen (secondary N) is 1. The van der Waals surface area contributed by atoms with Crippen molar-refractivity contribution in [1.29, 1.82) is 0 Å². The number of carbonyl (C=O) groups is 3. The summed E-state index contributed by atoms with van der Waals surface area (Å²) in [5.74, 6) is -0.919. The van der Waals surface area contributed by atoms with Crippen molar-refractivity contribution < 1.29 is 32.3 Å². The number of aromatic nitrogens is 1.